The molecule has 1 amide bonds. The third kappa shape index (κ3) is 3.09. The van der Waals surface area contributed by atoms with E-state index in [9.17, 15) is 9.59 Å². The van der Waals surface area contributed by atoms with Gasteiger partial charge < -0.3 is 10.1 Å². The first-order valence-corrected chi connectivity index (χ1v) is 8.99. The molecule has 0 spiro atoms. The Kier molecular flexibility index (Phi) is 4.03. The van der Waals surface area contributed by atoms with Crippen molar-refractivity contribution in [2.45, 2.75) is 38.1 Å². The van der Waals surface area contributed by atoms with E-state index in [1.807, 2.05) is 13.0 Å². The third-order valence-electron chi connectivity index (χ3n) is 5.38. The van der Waals surface area contributed by atoms with Crippen molar-refractivity contribution in [1.29, 1.82) is 0 Å². The van der Waals surface area contributed by atoms with E-state index in [-0.39, 0.29) is 29.3 Å². The van der Waals surface area contributed by atoms with E-state index in [2.05, 4.69) is 15.5 Å². The van der Waals surface area contributed by atoms with E-state index in [0.29, 0.717) is 22.8 Å². The molecule has 7 heteroatoms. The van der Waals surface area contributed by atoms with Gasteiger partial charge in [0.15, 0.2) is 5.78 Å². The Balaban J connectivity index is 1.23. The molecule has 0 saturated heterocycles. The molecule has 136 valence electrons. The Morgan fingerprint density at radius 2 is 2.12 bits per heavy atom. The lowest BCUT2D eigenvalue weighted by molar-refractivity contribution is -0.162. The number of aromatic amines is 1. The summed E-state index contributed by atoms with van der Waals surface area (Å²) in [6, 6.07) is 5.37. The number of carbonyl (C=O) groups is 2. The molecule has 1 heterocycles. The van der Waals surface area contributed by atoms with Gasteiger partial charge in [0.05, 0.1) is 11.8 Å². The van der Waals surface area contributed by atoms with Gasteiger partial charge >= 0.3 is 0 Å². The van der Waals surface area contributed by atoms with Crippen molar-refractivity contribution in [1.82, 2.24) is 15.5 Å². The molecule has 0 aliphatic heterocycles. The average molecular weight is 374 g/mol. The van der Waals surface area contributed by atoms with Crippen molar-refractivity contribution in [2.24, 2.45) is 5.41 Å². The molecule has 2 N–H and O–H groups in total. The van der Waals surface area contributed by atoms with Gasteiger partial charge in [0, 0.05) is 23.2 Å². The highest BCUT2D eigenvalue weighted by molar-refractivity contribution is 6.31. The van der Waals surface area contributed by atoms with Crippen LogP contribution in [0.4, 0.5) is 0 Å². The second-order valence-electron chi connectivity index (χ2n) is 7.67. The highest BCUT2D eigenvalue weighted by Gasteiger charge is 2.68. The van der Waals surface area contributed by atoms with Gasteiger partial charge in [-0.15, -0.1) is 0 Å². The number of ether oxygens (including phenoxy) is 1. The number of rotatable bonds is 7. The number of nitrogens with zero attached hydrogens (tertiary/aromatic N) is 1. The van der Waals surface area contributed by atoms with Crippen LogP contribution in [0.15, 0.2) is 30.6 Å². The second kappa shape index (κ2) is 6.13. The lowest BCUT2D eigenvalue weighted by Crippen LogP contribution is -2.75. The fraction of sp³-hybridized carbons (Fsp3) is 0.421. The van der Waals surface area contributed by atoms with E-state index in [1.165, 1.54) is 6.20 Å². The Morgan fingerprint density at radius 3 is 2.77 bits per heavy atom. The molecule has 2 aromatic rings. The van der Waals surface area contributed by atoms with Crippen molar-refractivity contribution in [3.63, 3.8) is 0 Å². The molecular weight excluding hydrogens is 354 g/mol. The van der Waals surface area contributed by atoms with Crippen molar-refractivity contribution < 1.29 is 14.3 Å². The van der Waals surface area contributed by atoms with Crippen LogP contribution in [0.2, 0.25) is 5.02 Å². The zero-order valence-corrected chi connectivity index (χ0v) is 15.2. The summed E-state index contributed by atoms with van der Waals surface area (Å²) in [6.07, 6.45) is 6.16. The lowest BCUT2D eigenvalue weighted by atomic mass is 9.38. The number of Topliss-reactive ketones (excluding diaryl/α,β-unsaturated/α-hetero) is 1. The monoisotopic (exact) mass is 373 g/mol. The Bertz CT molecular complexity index is 843. The van der Waals surface area contributed by atoms with E-state index in [0.717, 1.165) is 24.8 Å². The number of carbonyl (C=O) groups excluding carboxylic acids is 2. The van der Waals surface area contributed by atoms with Gasteiger partial charge in [-0.25, -0.2) is 0 Å². The number of aromatic nitrogens is 2. The van der Waals surface area contributed by atoms with Crippen LogP contribution >= 0.6 is 11.6 Å². The number of hydrogen-bond donors (Lipinski definition) is 2. The average Bonchev–Trinajstić information content (AvgIpc) is 3.07. The summed E-state index contributed by atoms with van der Waals surface area (Å²) >= 11 is 5.99. The van der Waals surface area contributed by atoms with Gasteiger partial charge in [0.2, 0.25) is 0 Å². The summed E-state index contributed by atoms with van der Waals surface area (Å²) in [6.45, 7) is 1.97. The van der Waals surface area contributed by atoms with E-state index < -0.39 is 0 Å². The molecule has 0 radical (unpaired) electrons. The summed E-state index contributed by atoms with van der Waals surface area (Å²) in [4.78, 5) is 24.4. The van der Waals surface area contributed by atoms with Crippen LogP contribution in [0, 0.1) is 12.3 Å². The second-order valence-corrected chi connectivity index (χ2v) is 8.07. The standard InChI is InChI=1S/C19H20ClN3O3/c1-12-4-15(2-3-16(12)20)26-8-14(24)5-18-9-19(10-18,11-18)23-17(25)13-6-21-22-7-13/h2-4,6-7H,5,8-11H2,1H3,(H,21,22)(H,23,25). The number of nitrogens with one attached hydrogen (secondary N) is 2. The molecule has 2 bridgehead atoms. The number of ketones is 1. The van der Waals surface area contributed by atoms with E-state index in [4.69, 9.17) is 16.3 Å². The van der Waals surface area contributed by atoms with Gasteiger partial charge in [-0.05, 0) is 55.4 Å². The summed E-state index contributed by atoms with van der Waals surface area (Å²) in [5.74, 6) is 0.633. The zero-order chi connectivity index (χ0) is 18.4. The van der Waals surface area contributed by atoms with Crippen LogP contribution in [-0.4, -0.2) is 34.0 Å². The zero-order valence-electron chi connectivity index (χ0n) is 14.5. The third-order valence-corrected chi connectivity index (χ3v) is 5.80. The molecular formula is C19H20ClN3O3. The fourth-order valence-electron chi connectivity index (χ4n) is 4.35. The van der Waals surface area contributed by atoms with Crippen molar-refractivity contribution in [3.8, 4) is 5.75 Å². The minimum atomic E-state index is -0.136. The van der Waals surface area contributed by atoms with Crippen LogP contribution in [0.5, 0.6) is 5.75 Å². The number of benzene rings is 1. The molecule has 6 nitrogen and oxygen atoms in total. The smallest absolute Gasteiger partial charge is 0.254 e. The number of hydrogen-bond acceptors (Lipinski definition) is 4. The predicted molar refractivity (Wildman–Crippen MR) is 96.4 cm³/mol. The minimum absolute atomic E-state index is 0.0417. The van der Waals surface area contributed by atoms with Gasteiger partial charge in [-0.3, -0.25) is 14.7 Å². The van der Waals surface area contributed by atoms with Crippen LogP contribution in [0.3, 0.4) is 0 Å². The van der Waals surface area contributed by atoms with Crippen LogP contribution in [0.1, 0.15) is 41.6 Å². The number of amides is 1. The molecule has 1 aromatic heterocycles. The quantitative estimate of drug-likeness (QED) is 0.781. The Morgan fingerprint density at radius 1 is 1.35 bits per heavy atom. The molecule has 5 rings (SSSR count). The predicted octanol–water partition coefficient (Wildman–Crippen LogP) is 3.06. The topological polar surface area (TPSA) is 84.1 Å². The van der Waals surface area contributed by atoms with Gasteiger partial charge in [0.1, 0.15) is 12.4 Å². The SMILES string of the molecule is Cc1cc(OCC(=O)CC23CC(NC(=O)c4cn[nH]c4)(C2)C3)ccc1Cl. The minimum Gasteiger partial charge on any atom is -0.486 e. The molecule has 26 heavy (non-hydrogen) atoms. The molecule has 3 saturated carbocycles. The largest absolute Gasteiger partial charge is 0.486 e. The first-order valence-electron chi connectivity index (χ1n) is 8.61. The Hall–Kier alpha value is -2.34. The molecule has 3 aliphatic carbocycles. The van der Waals surface area contributed by atoms with Crippen molar-refractivity contribution in [3.05, 3.63) is 46.7 Å². The van der Waals surface area contributed by atoms with E-state index in [1.54, 1.807) is 18.3 Å². The highest BCUT2D eigenvalue weighted by atomic mass is 35.5. The first kappa shape index (κ1) is 17.1. The van der Waals surface area contributed by atoms with Crippen molar-refractivity contribution in [2.75, 3.05) is 6.61 Å². The van der Waals surface area contributed by atoms with Crippen LogP contribution in [-0.2, 0) is 4.79 Å². The first-order chi connectivity index (χ1) is 12.4. The van der Waals surface area contributed by atoms with Crippen LogP contribution < -0.4 is 10.1 Å². The lowest BCUT2D eigenvalue weighted by Gasteiger charge is -2.70. The maximum Gasteiger partial charge on any atom is 0.254 e. The number of halogens is 1. The molecule has 1 aromatic carbocycles. The molecule has 0 atom stereocenters. The van der Waals surface area contributed by atoms with Gasteiger partial charge in [-0.2, -0.15) is 5.10 Å². The summed E-state index contributed by atoms with van der Waals surface area (Å²) in [5.41, 5.74) is 1.36. The fourth-order valence-corrected chi connectivity index (χ4v) is 4.46. The van der Waals surface area contributed by atoms with Gasteiger partial charge in [-0.1, -0.05) is 11.6 Å². The molecule has 0 unspecified atom stereocenters. The normalized spacial score (nSPS) is 25.8. The molecule has 3 aliphatic rings. The Labute approximate surface area is 156 Å². The van der Waals surface area contributed by atoms with Gasteiger partial charge in [0.25, 0.3) is 5.91 Å². The summed E-state index contributed by atoms with van der Waals surface area (Å²) in [7, 11) is 0. The molecule has 3 fully saturated rings. The maximum absolute atomic E-state index is 12.3. The van der Waals surface area contributed by atoms with Crippen LogP contribution in [0.25, 0.3) is 0 Å². The van der Waals surface area contributed by atoms with E-state index >= 15 is 0 Å². The maximum atomic E-state index is 12.3. The number of aryl methyl sites for hydroxylation is 1. The number of H-pyrrole nitrogens is 1. The highest BCUT2D eigenvalue weighted by Crippen LogP contribution is 2.69. The summed E-state index contributed by atoms with van der Waals surface area (Å²) in [5, 5.41) is 10.2. The van der Waals surface area contributed by atoms with Crippen molar-refractivity contribution >= 4 is 23.3 Å². The summed E-state index contributed by atoms with van der Waals surface area (Å²) < 4.78 is 5.59.